The minimum Gasteiger partial charge on any atom is -0.330 e. The molecule has 7 heteroatoms. The van der Waals surface area contributed by atoms with Crippen molar-refractivity contribution in [3.63, 3.8) is 0 Å². The van der Waals surface area contributed by atoms with E-state index in [9.17, 15) is 13.6 Å². The molecule has 3 fully saturated rings. The quantitative estimate of drug-likeness (QED) is 0.836. The molecule has 1 aliphatic carbocycles. The molecule has 0 aromatic carbocycles. The van der Waals surface area contributed by atoms with Crippen LogP contribution >= 0.6 is 11.3 Å². The molecule has 4 nitrogen and oxygen atoms in total. The Morgan fingerprint density at radius 3 is 2.83 bits per heavy atom. The molecule has 0 N–H and O–H groups in total. The van der Waals surface area contributed by atoms with Crippen LogP contribution in [0.15, 0.2) is 5.38 Å². The first kappa shape index (κ1) is 16.4. The van der Waals surface area contributed by atoms with Crippen molar-refractivity contribution >= 4 is 17.2 Å². The van der Waals surface area contributed by atoms with Gasteiger partial charge in [0.15, 0.2) is 0 Å². The van der Waals surface area contributed by atoms with E-state index in [0.29, 0.717) is 0 Å². The number of hydrogen-bond acceptors (Lipinski definition) is 4. The molecule has 1 amide bonds. The van der Waals surface area contributed by atoms with Gasteiger partial charge in [0.1, 0.15) is 5.01 Å². The summed E-state index contributed by atoms with van der Waals surface area (Å²) in [6.45, 7) is 3.93. The van der Waals surface area contributed by atoms with Crippen molar-refractivity contribution in [2.45, 2.75) is 45.1 Å². The highest BCUT2D eigenvalue weighted by molar-refractivity contribution is 7.09. The van der Waals surface area contributed by atoms with Crippen molar-refractivity contribution < 1.29 is 13.6 Å². The fourth-order valence-electron chi connectivity index (χ4n) is 4.69. The third-order valence-corrected chi connectivity index (χ3v) is 6.80. The molecule has 2 atom stereocenters. The minimum atomic E-state index is -2.67. The third kappa shape index (κ3) is 2.86. The molecule has 3 aliphatic rings. The molecule has 0 bridgehead atoms. The van der Waals surface area contributed by atoms with Gasteiger partial charge in [-0.2, -0.15) is 0 Å². The number of thiazole rings is 1. The summed E-state index contributed by atoms with van der Waals surface area (Å²) < 4.78 is 26.2. The largest absolute Gasteiger partial charge is 0.330 e. The van der Waals surface area contributed by atoms with Crippen LogP contribution in [0.4, 0.5) is 8.78 Å². The number of nitrogens with zero attached hydrogens (tertiary/aromatic N) is 3. The maximum Gasteiger partial charge on any atom is 0.282 e. The SMILES string of the molecule is Cc1csc(CN2CC[C@@]3(CCC[C@@H]3C(=O)N3CC(F)(F)C3)C2)n1. The molecule has 0 radical (unpaired) electrons. The molecular formula is C17H23F2N3OS. The number of amides is 1. The van der Waals surface area contributed by atoms with E-state index in [1.807, 2.05) is 6.92 Å². The predicted octanol–water partition coefficient (Wildman–Crippen LogP) is 2.92. The molecule has 0 unspecified atom stereocenters. The molecule has 3 heterocycles. The Bertz CT molecular complexity index is 642. The number of aromatic nitrogens is 1. The summed E-state index contributed by atoms with van der Waals surface area (Å²) in [4.78, 5) is 21.0. The zero-order valence-electron chi connectivity index (χ0n) is 13.9. The van der Waals surface area contributed by atoms with Gasteiger partial charge in [0, 0.05) is 23.5 Å². The predicted molar refractivity (Wildman–Crippen MR) is 88.0 cm³/mol. The Balaban J connectivity index is 1.41. The van der Waals surface area contributed by atoms with E-state index in [0.717, 1.165) is 56.0 Å². The van der Waals surface area contributed by atoms with Crippen molar-refractivity contribution in [1.82, 2.24) is 14.8 Å². The van der Waals surface area contributed by atoms with Gasteiger partial charge in [-0.3, -0.25) is 9.69 Å². The fourth-order valence-corrected chi connectivity index (χ4v) is 5.50. The number of hydrogen-bond donors (Lipinski definition) is 0. The zero-order chi connectivity index (χ0) is 16.9. The number of alkyl halides is 2. The Morgan fingerprint density at radius 1 is 1.38 bits per heavy atom. The first-order chi connectivity index (χ1) is 11.4. The van der Waals surface area contributed by atoms with E-state index in [1.165, 1.54) is 4.90 Å². The van der Waals surface area contributed by atoms with Crippen LogP contribution in [0.1, 0.15) is 36.4 Å². The van der Waals surface area contributed by atoms with Crippen LogP contribution in [0.2, 0.25) is 0 Å². The standard InChI is InChI=1S/C17H23F2N3OS/c1-12-8-24-14(20-12)7-21-6-5-16(9-21)4-2-3-13(16)15(23)22-10-17(18,19)11-22/h8,13H,2-7,9-11H2,1H3/t13-,16+/m1/s1. The van der Waals surface area contributed by atoms with Gasteiger partial charge in [-0.05, 0) is 38.1 Å². The lowest BCUT2D eigenvalue weighted by atomic mass is 9.76. The van der Waals surface area contributed by atoms with Gasteiger partial charge in [0.05, 0.1) is 19.6 Å². The Kier molecular flexibility index (Phi) is 3.91. The molecule has 1 spiro atoms. The maximum atomic E-state index is 13.1. The average molecular weight is 355 g/mol. The number of aryl methyl sites for hydroxylation is 1. The molecular weight excluding hydrogens is 332 g/mol. The summed E-state index contributed by atoms with van der Waals surface area (Å²) in [5.74, 6) is -2.78. The summed E-state index contributed by atoms with van der Waals surface area (Å²) in [5.41, 5.74) is 1.05. The molecule has 1 aromatic heterocycles. The van der Waals surface area contributed by atoms with E-state index in [1.54, 1.807) is 11.3 Å². The number of halogens is 2. The van der Waals surface area contributed by atoms with Crippen LogP contribution in [0, 0.1) is 18.3 Å². The molecule has 4 rings (SSSR count). The van der Waals surface area contributed by atoms with E-state index in [2.05, 4.69) is 15.3 Å². The molecule has 2 aliphatic heterocycles. The highest BCUT2D eigenvalue weighted by atomic mass is 32.1. The lowest BCUT2D eigenvalue weighted by Gasteiger charge is -2.42. The number of likely N-dealkylation sites (tertiary alicyclic amines) is 2. The first-order valence-electron chi connectivity index (χ1n) is 8.67. The van der Waals surface area contributed by atoms with Crippen molar-refractivity contribution in [2.75, 3.05) is 26.2 Å². The summed E-state index contributed by atoms with van der Waals surface area (Å²) in [6, 6.07) is 0. The zero-order valence-corrected chi connectivity index (χ0v) is 14.7. The van der Waals surface area contributed by atoms with E-state index < -0.39 is 5.92 Å². The number of rotatable bonds is 3. The minimum absolute atomic E-state index is 0.00569. The second-order valence-corrected chi connectivity index (χ2v) is 8.64. The fraction of sp³-hybridized carbons (Fsp3) is 0.765. The second-order valence-electron chi connectivity index (χ2n) is 7.70. The van der Waals surface area contributed by atoms with Gasteiger partial charge in [-0.15, -0.1) is 11.3 Å². The molecule has 24 heavy (non-hydrogen) atoms. The summed E-state index contributed by atoms with van der Waals surface area (Å²) in [6.07, 6.45) is 3.93. The summed E-state index contributed by atoms with van der Waals surface area (Å²) >= 11 is 1.68. The normalized spacial score (nSPS) is 32.5. The van der Waals surface area contributed by atoms with Crippen LogP contribution in [0.25, 0.3) is 0 Å². The van der Waals surface area contributed by atoms with Crippen LogP contribution in [-0.4, -0.2) is 52.8 Å². The topological polar surface area (TPSA) is 36.4 Å². The molecule has 1 aromatic rings. The van der Waals surface area contributed by atoms with Gasteiger partial charge in [-0.25, -0.2) is 13.8 Å². The highest BCUT2D eigenvalue weighted by Gasteiger charge is 2.55. The number of carbonyl (C=O) groups excluding carboxylic acids is 1. The average Bonchev–Trinajstić information content (AvgIpc) is 3.19. The summed E-state index contributed by atoms with van der Waals surface area (Å²) in [7, 11) is 0. The number of carbonyl (C=O) groups is 1. The van der Waals surface area contributed by atoms with Crippen molar-refractivity contribution in [3.8, 4) is 0 Å². The monoisotopic (exact) mass is 355 g/mol. The second kappa shape index (κ2) is 5.73. The lowest BCUT2D eigenvalue weighted by Crippen LogP contribution is -2.60. The van der Waals surface area contributed by atoms with Gasteiger partial charge in [-0.1, -0.05) is 6.42 Å². The van der Waals surface area contributed by atoms with Gasteiger partial charge < -0.3 is 4.90 Å². The third-order valence-electron chi connectivity index (χ3n) is 5.85. The van der Waals surface area contributed by atoms with E-state index in [-0.39, 0.29) is 30.3 Å². The van der Waals surface area contributed by atoms with Crippen LogP contribution in [-0.2, 0) is 11.3 Å². The smallest absolute Gasteiger partial charge is 0.282 e. The van der Waals surface area contributed by atoms with Crippen molar-refractivity contribution in [2.24, 2.45) is 11.3 Å². The van der Waals surface area contributed by atoms with Gasteiger partial charge in [0.2, 0.25) is 5.91 Å². The first-order valence-corrected chi connectivity index (χ1v) is 9.55. The summed E-state index contributed by atoms with van der Waals surface area (Å²) in [5, 5.41) is 3.18. The Hall–Kier alpha value is -1.08. The van der Waals surface area contributed by atoms with Gasteiger partial charge >= 0.3 is 0 Å². The highest BCUT2D eigenvalue weighted by Crippen LogP contribution is 2.51. The van der Waals surface area contributed by atoms with Crippen molar-refractivity contribution in [3.05, 3.63) is 16.1 Å². The van der Waals surface area contributed by atoms with Crippen LogP contribution in [0.5, 0.6) is 0 Å². The van der Waals surface area contributed by atoms with E-state index in [4.69, 9.17) is 0 Å². The Morgan fingerprint density at radius 2 is 2.17 bits per heavy atom. The molecule has 2 saturated heterocycles. The maximum absolute atomic E-state index is 13.1. The molecule has 1 saturated carbocycles. The Labute approximate surface area is 144 Å². The van der Waals surface area contributed by atoms with Crippen LogP contribution < -0.4 is 0 Å². The molecule has 132 valence electrons. The van der Waals surface area contributed by atoms with Crippen molar-refractivity contribution in [1.29, 1.82) is 0 Å². The van der Waals surface area contributed by atoms with Crippen LogP contribution in [0.3, 0.4) is 0 Å². The van der Waals surface area contributed by atoms with E-state index >= 15 is 0 Å². The van der Waals surface area contributed by atoms with Gasteiger partial charge in [0.25, 0.3) is 5.92 Å². The lowest BCUT2D eigenvalue weighted by molar-refractivity contribution is -0.172.